The molecule has 0 radical (unpaired) electrons. The molecule has 2 N–H and O–H groups in total. The van der Waals surface area contributed by atoms with Crippen LogP contribution < -0.4 is 14.9 Å². The van der Waals surface area contributed by atoms with Crippen molar-refractivity contribution in [1.82, 2.24) is 5.43 Å². The smallest absolute Gasteiger partial charge is 0.507 e. The van der Waals surface area contributed by atoms with E-state index in [2.05, 4.69) is 15.3 Å². The second-order valence-electron chi connectivity index (χ2n) is 5.60. The van der Waals surface area contributed by atoms with Crippen LogP contribution in [0.1, 0.15) is 16.7 Å². The van der Waals surface area contributed by atoms with Crippen molar-refractivity contribution in [3.05, 3.63) is 53.1 Å². The standard InChI is InChI=1S/C18H17F3N2O4/c1-11-7-13(8-12(2)17(11)25)9-22-23-16(24)10-26-14-3-5-15(6-4-14)27-18(19,20)21/h3-9,25H,10H2,1-2H3,(H,23,24)/b22-9+. The Kier molecular flexibility index (Phi) is 6.27. The van der Waals surface area contributed by atoms with E-state index in [-0.39, 0.29) is 23.9 Å². The van der Waals surface area contributed by atoms with Gasteiger partial charge in [-0.1, -0.05) is 0 Å². The van der Waals surface area contributed by atoms with E-state index in [4.69, 9.17) is 4.74 Å². The van der Waals surface area contributed by atoms with Gasteiger partial charge in [-0.25, -0.2) is 5.43 Å². The first-order valence-corrected chi connectivity index (χ1v) is 7.75. The fourth-order valence-corrected chi connectivity index (χ4v) is 2.16. The molecule has 2 aromatic carbocycles. The molecule has 0 saturated heterocycles. The Morgan fingerprint density at radius 3 is 2.26 bits per heavy atom. The van der Waals surface area contributed by atoms with Gasteiger partial charge in [-0.15, -0.1) is 13.2 Å². The van der Waals surface area contributed by atoms with Crippen LogP contribution in [0.2, 0.25) is 0 Å². The summed E-state index contributed by atoms with van der Waals surface area (Å²) in [6, 6.07) is 8.07. The third-order valence-corrected chi connectivity index (χ3v) is 3.34. The largest absolute Gasteiger partial charge is 0.573 e. The molecule has 0 aromatic heterocycles. The minimum absolute atomic E-state index is 0.202. The molecule has 1 amide bonds. The summed E-state index contributed by atoms with van der Waals surface area (Å²) in [5.74, 6) is -0.526. The SMILES string of the molecule is Cc1cc(/C=N/NC(=O)COc2ccc(OC(F)(F)F)cc2)cc(C)c1O. The fraction of sp³-hybridized carbons (Fsp3) is 0.222. The van der Waals surface area contributed by atoms with Crippen LogP contribution in [-0.2, 0) is 4.79 Å². The van der Waals surface area contributed by atoms with Gasteiger partial charge in [0, 0.05) is 0 Å². The number of hydrazone groups is 1. The minimum Gasteiger partial charge on any atom is -0.507 e. The number of amides is 1. The number of hydrogen-bond acceptors (Lipinski definition) is 5. The van der Waals surface area contributed by atoms with Gasteiger partial charge < -0.3 is 14.6 Å². The number of benzene rings is 2. The highest BCUT2D eigenvalue weighted by molar-refractivity contribution is 5.83. The van der Waals surface area contributed by atoms with Gasteiger partial charge in [0.25, 0.3) is 5.91 Å². The summed E-state index contributed by atoms with van der Waals surface area (Å²) in [5, 5.41) is 13.5. The number of nitrogens with one attached hydrogen (secondary N) is 1. The van der Waals surface area contributed by atoms with E-state index in [0.717, 1.165) is 12.1 Å². The lowest BCUT2D eigenvalue weighted by Gasteiger charge is -2.09. The molecule has 6 nitrogen and oxygen atoms in total. The van der Waals surface area contributed by atoms with E-state index in [0.29, 0.717) is 16.7 Å². The van der Waals surface area contributed by atoms with E-state index in [1.807, 2.05) is 0 Å². The third kappa shape index (κ3) is 6.53. The molecule has 2 aromatic rings. The highest BCUT2D eigenvalue weighted by Gasteiger charge is 2.30. The summed E-state index contributed by atoms with van der Waals surface area (Å²) in [6.07, 6.45) is -3.35. The van der Waals surface area contributed by atoms with Crippen LogP contribution >= 0.6 is 0 Å². The molecule has 0 saturated carbocycles. The topological polar surface area (TPSA) is 80.2 Å². The van der Waals surface area contributed by atoms with Crippen molar-refractivity contribution in [2.45, 2.75) is 20.2 Å². The molecule has 0 spiro atoms. The summed E-state index contributed by atoms with van der Waals surface area (Å²) in [7, 11) is 0. The Morgan fingerprint density at radius 2 is 1.70 bits per heavy atom. The lowest BCUT2D eigenvalue weighted by molar-refractivity contribution is -0.274. The van der Waals surface area contributed by atoms with E-state index >= 15 is 0 Å². The summed E-state index contributed by atoms with van der Waals surface area (Å²) in [4.78, 5) is 11.7. The molecule has 0 bridgehead atoms. The summed E-state index contributed by atoms with van der Waals surface area (Å²) >= 11 is 0. The Labute approximate surface area is 153 Å². The zero-order chi connectivity index (χ0) is 20.0. The number of rotatable bonds is 6. The van der Waals surface area contributed by atoms with Crippen LogP contribution in [0.4, 0.5) is 13.2 Å². The maximum atomic E-state index is 12.1. The first-order valence-electron chi connectivity index (χ1n) is 7.75. The van der Waals surface area contributed by atoms with Gasteiger partial charge >= 0.3 is 6.36 Å². The number of phenolic OH excluding ortho intramolecular Hbond substituents is 1. The normalized spacial score (nSPS) is 11.4. The summed E-state index contributed by atoms with van der Waals surface area (Å²) < 4.78 is 45.1. The molecule has 0 aliphatic carbocycles. The third-order valence-electron chi connectivity index (χ3n) is 3.34. The van der Waals surface area contributed by atoms with Crippen molar-refractivity contribution in [3.8, 4) is 17.2 Å². The Bertz CT molecular complexity index is 810. The Morgan fingerprint density at radius 1 is 1.15 bits per heavy atom. The number of hydrogen-bond donors (Lipinski definition) is 2. The maximum Gasteiger partial charge on any atom is 0.573 e. The van der Waals surface area contributed by atoms with Crippen LogP contribution in [-0.4, -0.2) is 30.2 Å². The van der Waals surface area contributed by atoms with Crippen molar-refractivity contribution in [1.29, 1.82) is 0 Å². The van der Waals surface area contributed by atoms with E-state index in [1.165, 1.54) is 18.3 Å². The summed E-state index contributed by atoms with van der Waals surface area (Å²) in [5.41, 5.74) is 4.33. The number of alkyl halides is 3. The Hall–Kier alpha value is -3.23. The highest BCUT2D eigenvalue weighted by atomic mass is 19.4. The van der Waals surface area contributed by atoms with E-state index in [9.17, 15) is 23.1 Å². The van der Waals surface area contributed by atoms with Gasteiger partial charge in [0.2, 0.25) is 0 Å². The predicted octanol–water partition coefficient (Wildman–Crippen LogP) is 3.44. The van der Waals surface area contributed by atoms with Crippen molar-refractivity contribution in [2.75, 3.05) is 6.61 Å². The van der Waals surface area contributed by atoms with Gasteiger partial charge in [-0.05, 0) is 66.9 Å². The molecular weight excluding hydrogens is 365 g/mol. The second kappa shape index (κ2) is 8.43. The first-order chi connectivity index (χ1) is 12.6. The number of halogens is 3. The van der Waals surface area contributed by atoms with Crippen molar-refractivity contribution in [3.63, 3.8) is 0 Å². The lowest BCUT2D eigenvalue weighted by Crippen LogP contribution is -2.24. The molecule has 27 heavy (non-hydrogen) atoms. The van der Waals surface area contributed by atoms with Crippen molar-refractivity contribution < 1.29 is 32.5 Å². The van der Waals surface area contributed by atoms with Crippen LogP contribution in [0.15, 0.2) is 41.5 Å². The Balaban J connectivity index is 1.82. The lowest BCUT2D eigenvalue weighted by atomic mass is 10.1. The number of ether oxygens (including phenoxy) is 2. The zero-order valence-electron chi connectivity index (χ0n) is 14.5. The molecule has 144 valence electrons. The molecular formula is C18H17F3N2O4. The fourth-order valence-electron chi connectivity index (χ4n) is 2.16. The molecule has 0 aliphatic rings. The number of carbonyl (C=O) groups is 1. The van der Waals surface area contributed by atoms with Crippen molar-refractivity contribution >= 4 is 12.1 Å². The molecule has 0 heterocycles. The van der Waals surface area contributed by atoms with Gasteiger partial charge in [-0.2, -0.15) is 5.10 Å². The average Bonchev–Trinajstić information content (AvgIpc) is 2.57. The minimum atomic E-state index is -4.77. The monoisotopic (exact) mass is 382 g/mol. The van der Waals surface area contributed by atoms with Crippen LogP contribution in [0.25, 0.3) is 0 Å². The number of phenols is 1. The molecule has 9 heteroatoms. The van der Waals surface area contributed by atoms with Gasteiger partial charge in [0.05, 0.1) is 6.21 Å². The van der Waals surface area contributed by atoms with E-state index in [1.54, 1.807) is 26.0 Å². The highest BCUT2D eigenvalue weighted by Crippen LogP contribution is 2.24. The second-order valence-corrected chi connectivity index (χ2v) is 5.60. The maximum absolute atomic E-state index is 12.1. The van der Waals surface area contributed by atoms with E-state index < -0.39 is 12.3 Å². The molecule has 0 atom stereocenters. The van der Waals surface area contributed by atoms with Gasteiger partial charge in [-0.3, -0.25) is 4.79 Å². The molecule has 0 fully saturated rings. The van der Waals surface area contributed by atoms with Crippen LogP contribution in [0.3, 0.4) is 0 Å². The van der Waals surface area contributed by atoms with Crippen LogP contribution in [0, 0.1) is 13.8 Å². The predicted molar refractivity (Wildman–Crippen MR) is 91.9 cm³/mol. The first kappa shape index (κ1) is 20.1. The number of aromatic hydroxyl groups is 1. The average molecular weight is 382 g/mol. The van der Waals surface area contributed by atoms with Gasteiger partial charge in [0.15, 0.2) is 6.61 Å². The van der Waals surface area contributed by atoms with Crippen molar-refractivity contribution in [2.24, 2.45) is 5.10 Å². The number of nitrogens with zero attached hydrogens (tertiary/aromatic N) is 1. The zero-order valence-corrected chi connectivity index (χ0v) is 14.5. The number of aryl methyl sites for hydroxylation is 2. The molecule has 0 unspecified atom stereocenters. The van der Waals surface area contributed by atoms with Crippen LogP contribution in [0.5, 0.6) is 17.2 Å². The quantitative estimate of drug-likeness (QED) is 0.593. The summed E-state index contributed by atoms with van der Waals surface area (Å²) in [6.45, 7) is 3.12. The molecule has 2 rings (SSSR count). The van der Waals surface area contributed by atoms with Gasteiger partial charge in [0.1, 0.15) is 17.2 Å². The number of carbonyl (C=O) groups excluding carboxylic acids is 1. The molecule has 0 aliphatic heterocycles.